The van der Waals surface area contributed by atoms with Crippen molar-refractivity contribution in [3.05, 3.63) is 89.2 Å². The molecule has 0 spiro atoms. The van der Waals surface area contributed by atoms with Crippen LogP contribution in [0.4, 0.5) is 17.6 Å². The number of benzene rings is 3. The van der Waals surface area contributed by atoms with Crippen molar-refractivity contribution in [2.45, 2.75) is 13.3 Å². The minimum absolute atomic E-state index is 0.282. The average Bonchev–Trinajstić information content (AvgIpc) is 2.60. The summed E-state index contributed by atoms with van der Waals surface area (Å²) in [5.41, 5.74) is 3.37. The maximum atomic E-state index is 14.0. The molecule has 0 fully saturated rings. The summed E-state index contributed by atoms with van der Waals surface area (Å²) in [6.45, 7) is 1.83. The lowest BCUT2D eigenvalue weighted by atomic mass is 10.0. The molecule has 136 valence electrons. The van der Waals surface area contributed by atoms with Crippen molar-refractivity contribution in [2.75, 3.05) is 0 Å². The van der Waals surface area contributed by atoms with Crippen LogP contribution in [0.2, 0.25) is 0 Å². The van der Waals surface area contributed by atoms with Crippen LogP contribution in [0.25, 0.3) is 11.1 Å². The predicted octanol–water partition coefficient (Wildman–Crippen LogP) is 6.10. The van der Waals surface area contributed by atoms with Crippen LogP contribution in [0.3, 0.4) is 0 Å². The van der Waals surface area contributed by atoms with E-state index >= 15 is 0 Å². The Bertz CT molecular complexity index is 992. The Labute approximate surface area is 154 Å². The SMILES string of the molecule is Cc1ccc(-c2ccc(C#Cc3ccc(OC(F)(F)F)cc3)cc2)c(F)c1. The zero-order chi connectivity index (χ0) is 19.4. The highest BCUT2D eigenvalue weighted by Gasteiger charge is 2.30. The first-order valence-corrected chi connectivity index (χ1v) is 8.04. The summed E-state index contributed by atoms with van der Waals surface area (Å²) < 4.78 is 54.3. The standard InChI is InChI=1S/C22H14F4O/c1-15-2-13-20(21(23)14-15)18-9-5-16(6-10-18)3-4-17-7-11-19(12-8-17)27-22(24,25)26/h2,5-14H,1H3. The molecule has 27 heavy (non-hydrogen) atoms. The van der Waals surface area contributed by atoms with Crippen molar-refractivity contribution in [2.24, 2.45) is 0 Å². The highest BCUT2D eigenvalue weighted by atomic mass is 19.4. The van der Waals surface area contributed by atoms with Crippen LogP contribution in [0.5, 0.6) is 5.75 Å². The molecule has 1 nitrogen and oxygen atoms in total. The molecule has 0 saturated heterocycles. The summed E-state index contributed by atoms with van der Waals surface area (Å²) in [6, 6.07) is 17.5. The van der Waals surface area contributed by atoms with Crippen LogP contribution in [-0.2, 0) is 0 Å². The molecule has 0 atom stereocenters. The van der Waals surface area contributed by atoms with Gasteiger partial charge in [0.1, 0.15) is 11.6 Å². The number of aryl methyl sites for hydroxylation is 1. The Hall–Kier alpha value is -3.26. The lowest BCUT2D eigenvalue weighted by molar-refractivity contribution is -0.274. The fraction of sp³-hybridized carbons (Fsp3) is 0.0909. The second-order valence-corrected chi connectivity index (χ2v) is 5.88. The minimum Gasteiger partial charge on any atom is -0.406 e. The molecule has 3 aromatic carbocycles. The largest absolute Gasteiger partial charge is 0.573 e. The van der Waals surface area contributed by atoms with Gasteiger partial charge in [0.05, 0.1) is 0 Å². The smallest absolute Gasteiger partial charge is 0.406 e. The molecule has 0 aliphatic rings. The van der Waals surface area contributed by atoms with Gasteiger partial charge in [-0.3, -0.25) is 0 Å². The molecule has 0 aromatic heterocycles. The van der Waals surface area contributed by atoms with Gasteiger partial charge < -0.3 is 4.74 Å². The van der Waals surface area contributed by atoms with Gasteiger partial charge in [-0.2, -0.15) is 0 Å². The summed E-state index contributed by atoms with van der Waals surface area (Å²) in [5.74, 6) is 5.22. The monoisotopic (exact) mass is 370 g/mol. The number of hydrogen-bond acceptors (Lipinski definition) is 1. The van der Waals surface area contributed by atoms with Crippen LogP contribution in [0.1, 0.15) is 16.7 Å². The van der Waals surface area contributed by atoms with Gasteiger partial charge in [0.25, 0.3) is 0 Å². The first kappa shape index (κ1) is 18.5. The Morgan fingerprint density at radius 3 is 1.85 bits per heavy atom. The van der Waals surface area contributed by atoms with E-state index < -0.39 is 6.36 Å². The molecule has 3 aromatic rings. The summed E-state index contributed by atoms with van der Waals surface area (Å²) in [6.07, 6.45) is -4.72. The van der Waals surface area contributed by atoms with Crippen molar-refractivity contribution in [1.82, 2.24) is 0 Å². The molecule has 0 aliphatic heterocycles. The minimum atomic E-state index is -4.72. The highest BCUT2D eigenvalue weighted by molar-refractivity contribution is 5.65. The Kier molecular flexibility index (Phi) is 5.18. The Balaban J connectivity index is 1.74. The second kappa shape index (κ2) is 7.55. The lowest BCUT2D eigenvalue weighted by Crippen LogP contribution is -2.16. The van der Waals surface area contributed by atoms with Crippen molar-refractivity contribution in [3.8, 4) is 28.7 Å². The van der Waals surface area contributed by atoms with E-state index in [-0.39, 0.29) is 11.6 Å². The topological polar surface area (TPSA) is 9.23 Å². The summed E-state index contributed by atoms with van der Waals surface area (Å²) in [5, 5.41) is 0. The lowest BCUT2D eigenvalue weighted by Gasteiger charge is -2.08. The number of hydrogen-bond donors (Lipinski definition) is 0. The van der Waals surface area contributed by atoms with Crippen LogP contribution in [0, 0.1) is 24.6 Å². The van der Waals surface area contributed by atoms with E-state index in [0.29, 0.717) is 16.7 Å². The molecule has 0 aliphatic carbocycles. The molecular formula is C22H14F4O. The quantitative estimate of drug-likeness (QED) is 0.391. The van der Waals surface area contributed by atoms with Crippen LogP contribution in [-0.4, -0.2) is 6.36 Å². The number of halogens is 4. The Morgan fingerprint density at radius 1 is 0.778 bits per heavy atom. The maximum absolute atomic E-state index is 14.0. The molecule has 0 amide bonds. The fourth-order valence-corrected chi connectivity index (χ4v) is 2.47. The third kappa shape index (κ3) is 5.11. The maximum Gasteiger partial charge on any atom is 0.573 e. The van der Waals surface area contributed by atoms with Gasteiger partial charge in [-0.25, -0.2) is 4.39 Å². The highest BCUT2D eigenvalue weighted by Crippen LogP contribution is 2.24. The summed E-state index contributed by atoms with van der Waals surface area (Å²) >= 11 is 0. The average molecular weight is 370 g/mol. The Morgan fingerprint density at radius 2 is 1.33 bits per heavy atom. The van der Waals surface area contributed by atoms with E-state index in [0.717, 1.165) is 11.1 Å². The van der Waals surface area contributed by atoms with Crippen LogP contribution in [0.15, 0.2) is 66.7 Å². The molecular weight excluding hydrogens is 356 g/mol. The van der Waals surface area contributed by atoms with Crippen molar-refractivity contribution >= 4 is 0 Å². The van der Waals surface area contributed by atoms with Crippen molar-refractivity contribution in [1.29, 1.82) is 0 Å². The molecule has 0 radical (unpaired) electrons. The van der Waals surface area contributed by atoms with Gasteiger partial charge in [-0.05, 0) is 60.5 Å². The predicted molar refractivity (Wildman–Crippen MR) is 95.7 cm³/mol. The van der Waals surface area contributed by atoms with E-state index in [1.54, 1.807) is 30.3 Å². The zero-order valence-corrected chi connectivity index (χ0v) is 14.3. The van der Waals surface area contributed by atoms with Crippen molar-refractivity contribution < 1.29 is 22.3 Å². The van der Waals surface area contributed by atoms with E-state index in [1.807, 2.05) is 13.0 Å². The first-order valence-electron chi connectivity index (χ1n) is 8.04. The van der Waals surface area contributed by atoms with Crippen LogP contribution < -0.4 is 4.74 Å². The molecule has 3 rings (SSSR count). The number of ether oxygens (including phenoxy) is 1. The van der Waals surface area contributed by atoms with E-state index in [9.17, 15) is 17.6 Å². The van der Waals surface area contributed by atoms with Gasteiger partial charge in [-0.15, -0.1) is 13.2 Å². The number of rotatable bonds is 2. The molecule has 0 bridgehead atoms. The third-order valence-electron chi connectivity index (χ3n) is 3.76. The van der Waals surface area contributed by atoms with Crippen LogP contribution >= 0.6 is 0 Å². The van der Waals surface area contributed by atoms with E-state index in [1.165, 1.54) is 30.3 Å². The molecule has 0 heterocycles. The summed E-state index contributed by atoms with van der Waals surface area (Å²) in [7, 11) is 0. The van der Waals surface area contributed by atoms with Crippen molar-refractivity contribution in [3.63, 3.8) is 0 Å². The van der Waals surface area contributed by atoms with E-state index in [4.69, 9.17) is 0 Å². The fourth-order valence-electron chi connectivity index (χ4n) is 2.47. The molecule has 0 saturated carbocycles. The molecule has 0 unspecified atom stereocenters. The zero-order valence-electron chi connectivity index (χ0n) is 14.3. The van der Waals surface area contributed by atoms with Gasteiger partial charge in [0.2, 0.25) is 0 Å². The van der Waals surface area contributed by atoms with E-state index in [2.05, 4.69) is 16.6 Å². The van der Waals surface area contributed by atoms with Gasteiger partial charge in [0.15, 0.2) is 0 Å². The van der Waals surface area contributed by atoms with Gasteiger partial charge in [0, 0.05) is 16.7 Å². The number of alkyl halides is 3. The third-order valence-corrected chi connectivity index (χ3v) is 3.76. The molecule has 5 heteroatoms. The summed E-state index contributed by atoms with van der Waals surface area (Å²) in [4.78, 5) is 0. The normalized spacial score (nSPS) is 10.9. The van der Waals surface area contributed by atoms with Gasteiger partial charge >= 0.3 is 6.36 Å². The molecule has 0 N–H and O–H groups in total. The second-order valence-electron chi connectivity index (χ2n) is 5.88. The first-order chi connectivity index (χ1) is 12.8. The van der Waals surface area contributed by atoms with Gasteiger partial charge in [-0.1, -0.05) is 36.1 Å².